The molecule has 0 atom stereocenters. The van der Waals surface area contributed by atoms with Crippen LogP contribution < -0.4 is 10.9 Å². The van der Waals surface area contributed by atoms with Gasteiger partial charge in [0, 0.05) is 22.2 Å². The van der Waals surface area contributed by atoms with Gasteiger partial charge in [-0.1, -0.05) is 48.2 Å². The van der Waals surface area contributed by atoms with E-state index in [-0.39, 0.29) is 17.2 Å². The molecule has 26 heavy (non-hydrogen) atoms. The number of nitrogens with one attached hydrogen (secondary N) is 2. The molecule has 0 spiro atoms. The predicted octanol–water partition coefficient (Wildman–Crippen LogP) is 3.89. The maximum atomic E-state index is 12.2. The van der Waals surface area contributed by atoms with Crippen molar-refractivity contribution in [3.8, 4) is 11.3 Å². The number of anilines is 1. The zero-order chi connectivity index (χ0) is 18.4. The summed E-state index contributed by atoms with van der Waals surface area (Å²) in [4.78, 5) is 32.2. The van der Waals surface area contributed by atoms with Crippen molar-refractivity contribution in [2.75, 3.05) is 17.3 Å². The number of amides is 1. The zero-order valence-corrected chi connectivity index (χ0v) is 15.7. The Morgan fingerprint density at radius 2 is 1.92 bits per heavy atom. The minimum absolute atomic E-state index is 0.152. The summed E-state index contributed by atoms with van der Waals surface area (Å²) in [5, 5.41) is 3.28. The second-order valence-corrected chi connectivity index (χ2v) is 7.21. The molecule has 0 aliphatic carbocycles. The first-order valence-corrected chi connectivity index (χ1v) is 10.1. The maximum Gasteiger partial charge on any atom is 0.252 e. The van der Waals surface area contributed by atoms with E-state index in [9.17, 15) is 9.59 Å². The SMILES string of the molecule is CSc1cccc(NC(=O)CSc2nc(-c3ccccc3)cc(=O)[nH]2)c1. The maximum absolute atomic E-state index is 12.2. The Labute approximate surface area is 159 Å². The standard InChI is InChI=1S/C19H17N3O2S2/c1-25-15-9-5-8-14(10-15)20-18(24)12-26-19-21-16(11-17(23)22-19)13-6-3-2-4-7-13/h2-11H,12H2,1H3,(H,20,24)(H,21,22,23). The highest BCUT2D eigenvalue weighted by atomic mass is 32.2. The van der Waals surface area contributed by atoms with Gasteiger partial charge in [0.1, 0.15) is 0 Å². The number of hydrogen-bond acceptors (Lipinski definition) is 5. The van der Waals surface area contributed by atoms with E-state index in [1.807, 2.05) is 60.9 Å². The van der Waals surface area contributed by atoms with Crippen molar-refractivity contribution in [3.05, 3.63) is 71.0 Å². The van der Waals surface area contributed by atoms with Gasteiger partial charge in [-0.15, -0.1) is 11.8 Å². The van der Waals surface area contributed by atoms with Crippen LogP contribution >= 0.6 is 23.5 Å². The highest BCUT2D eigenvalue weighted by Gasteiger charge is 2.08. The molecular formula is C19H17N3O2S2. The number of benzene rings is 2. The molecule has 2 aromatic carbocycles. The molecule has 3 rings (SSSR count). The summed E-state index contributed by atoms with van der Waals surface area (Å²) < 4.78 is 0. The Morgan fingerprint density at radius 1 is 1.12 bits per heavy atom. The molecule has 3 aromatic rings. The summed E-state index contributed by atoms with van der Waals surface area (Å²) in [6, 6.07) is 18.6. The average Bonchev–Trinajstić information content (AvgIpc) is 2.67. The van der Waals surface area contributed by atoms with Crippen molar-refractivity contribution in [2.24, 2.45) is 0 Å². The number of carbonyl (C=O) groups is 1. The molecule has 0 bridgehead atoms. The van der Waals surface area contributed by atoms with Crippen molar-refractivity contribution in [3.63, 3.8) is 0 Å². The fourth-order valence-corrected chi connectivity index (χ4v) is 3.43. The molecule has 0 saturated carbocycles. The first kappa shape index (κ1) is 18.3. The largest absolute Gasteiger partial charge is 0.325 e. The molecule has 5 nitrogen and oxygen atoms in total. The molecule has 0 aliphatic heterocycles. The number of H-pyrrole nitrogens is 1. The molecule has 0 aliphatic rings. The van der Waals surface area contributed by atoms with Crippen molar-refractivity contribution < 1.29 is 4.79 Å². The summed E-state index contributed by atoms with van der Waals surface area (Å²) in [6.07, 6.45) is 1.98. The van der Waals surface area contributed by atoms with Gasteiger partial charge >= 0.3 is 0 Å². The lowest BCUT2D eigenvalue weighted by molar-refractivity contribution is -0.113. The van der Waals surface area contributed by atoms with Crippen LogP contribution in [-0.4, -0.2) is 27.9 Å². The van der Waals surface area contributed by atoms with Gasteiger partial charge in [0.15, 0.2) is 5.16 Å². The number of aromatic amines is 1. The zero-order valence-electron chi connectivity index (χ0n) is 14.1. The fourth-order valence-electron chi connectivity index (χ4n) is 2.29. The molecule has 2 N–H and O–H groups in total. The molecular weight excluding hydrogens is 366 g/mol. The second-order valence-electron chi connectivity index (χ2n) is 5.37. The van der Waals surface area contributed by atoms with E-state index in [0.717, 1.165) is 16.1 Å². The molecule has 0 radical (unpaired) electrons. The van der Waals surface area contributed by atoms with Crippen molar-refractivity contribution >= 4 is 35.1 Å². The van der Waals surface area contributed by atoms with Gasteiger partial charge in [0.2, 0.25) is 5.91 Å². The Balaban J connectivity index is 1.66. The Kier molecular flexibility index (Phi) is 6.14. The third-order valence-corrected chi connectivity index (χ3v) is 5.08. The van der Waals surface area contributed by atoms with Gasteiger partial charge in [0.25, 0.3) is 5.56 Å². The molecule has 132 valence electrons. The monoisotopic (exact) mass is 383 g/mol. The van der Waals surface area contributed by atoms with E-state index in [4.69, 9.17) is 0 Å². The number of thioether (sulfide) groups is 2. The van der Waals surface area contributed by atoms with E-state index in [1.165, 1.54) is 17.8 Å². The van der Waals surface area contributed by atoms with E-state index in [1.54, 1.807) is 11.8 Å². The van der Waals surface area contributed by atoms with Gasteiger partial charge in [-0.25, -0.2) is 4.98 Å². The normalized spacial score (nSPS) is 10.5. The quantitative estimate of drug-likeness (QED) is 0.499. The second kappa shape index (κ2) is 8.73. The van der Waals surface area contributed by atoms with Gasteiger partial charge < -0.3 is 10.3 Å². The smallest absolute Gasteiger partial charge is 0.252 e. The minimum atomic E-state index is -0.241. The van der Waals surface area contributed by atoms with E-state index < -0.39 is 0 Å². The highest BCUT2D eigenvalue weighted by Crippen LogP contribution is 2.21. The van der Waals surface area contributed by atoms with Crippen LogP contribution in [0.3, 0.4) is 0 Å². The van der Waals surface area contributed by atoms with E-state index in [0.29, 0.717) is 10.9 Å². The fraction of sp³-hybridized carbons (Fsp3) is 0.105. The van der Waals surface area contributed by atoms with Crippen molar-refractivity contribution in [2.45, 2.75) is 10.1 Å². The van der Waals surface area contributed by atoms with Crippen LogP contribution in [0.2, 0.25) is 0 Å². The van der Waals surface area contributed by atoms with Gasteiger partial charge in [-0.2, -0.15) is 0 Å². The number of nitrogens with zero attached hydrogens (tertiary/aromatic N) is 1. The summed E-state index contributed by atoms with van der Waals surface area (Å²) in [5.41, 5.74) is 1.96. The Bertz CT molecular complexity index is 958. The molecule has 1 aromatic heterocycles. The molecule has 7 heteroatoms. The van der Waals surface area contributed by atoms with Gasteiger partial charge in [-0.3, -0.25) is 9.59 Å². The van der Waals surface area contributed by atoms with Crippen LogP contribution in [0.5, 0.6) is 0 Å². The lowest BCUT2D eigenvalue weighted by Gasteiger charge is -2.07. The van der Waals surface area contributed by atoms with Crippen LogP contribution in [0.25, 0.3) is 11.3 Å². The van der Waals surface area contributed by atoms with Crippen LogP contribution in [0.15, 0.2) is 75.5 Å². The lowest BCUT2D eigenvalue weighted by Crippen LogP contribution is -2.15. The summed E-state index contributed by atoms with van der Waals surface area (Å²) >= 11 is 2.81. The van der Waals surface area contributed by atoms with Gasteiger partial charge in [0.05, 0.1) is 11.4 Å². The number of rotatable bonds is 6. The Hall–Kier alpha value is -2.51. The number of aromatic nitrogens is 2. The average molecular weight is 383 g/mol. The number of carbonyl (C=O) groups excluding carboxylic acids is 1. The first-order valence-electron chi connectivity index (χ1n) is 7.87. The van der Waals surface area contributed by atoms with E-state index >= 15 is 0 Å². The van der Waals surface area contributed by atoms with Crippen molar-refractivity contribution in [1.82, 2.24) is 9.97 Å². The minimum Gasteiger partial charge on any atom is -0.325 e. The van der Waals surface area contributed by atoms with E-state index in [2.05, 4.69) is 15.3 Å². The van der Waals surface area contributed by atoms with Crippen LogP contribution in [-0.2, 0) is 4.79 Å². The highest BCUT2D eigenvalue weighted by molar-refractivity contribution is 7.99. The molecule has 0 saturated heterocycles. The third kappa shape index (κ3) is 5.00. The summed E-state index contributed by atoms with van der Waals surface area (Å²) in [6.45, 7) is 0. The summed E-state index contributed by atoms with van der Waals surface area (Å²) in [7, 11) is 0. The molecule has 0 unspecified atom stereocenters. The predicted molar refractivity (Wildman–Crippen MR) is 108 cm³/mol. The Morgan fingerprint density at radius 3 is 2.69 bits per heavy atom. The lowest BCUT2D eigenvalue weighted by atomic mass is 10.1. The van der Waals surface area contributed by atoms with Crippen molar-refractivity contribution in [1.29, 1.82) is 0 Å². The van der Waals surface area contributed by atoms with Gasteiger partial charge in [-0.05, 0) is 24.5 Å². The molecule has 0 fully saturated rings. The van der Waals surface area contributed by atoms with Crippen LogP contribution in [0.4, 0.5) is 5.69 Å². The molecule has 1 amide bonds. The topological polar surface area (TPSA) is 74.8 Å². The first-order chi connectivity index (χ1) is 12.6. The number of hydrogen-bond donors (Lipinski definition) is 2. The molecule has 1 heterocycles. The van der Waals surface area contributed by atoms with Crippen LogP contribution in [0.1, 0.15) is 0 Å². The summed E-state index contributed by atoms with van der Waals surface area (Å²) in [5.74, 6) is 0.00558. The van der Waals surface area contributed by atoms with Crippen LogP contribution in [0, 0.1) is 0 Å². The third-order valence-electron chi connectivity index (χ3n) is 3.48.